The summed E-state index contributed by atoms with van der Waals surface area (Å²) in [5.74, 6) is 5.22. The topological polar surface area (TPSA) is 20.2 Å². The van der Waals surface area contributed by atoms with Gasteiger partial charge in [-0.3, -0.25) is 0 Å². The third-order valence-corrected chi connectivity index (χ3v) is 11.1. The van der Waals surface area contributed by atoms with Crippen LogP contribution in [-0.2, 0) is 0 Å². The van der Waals surface area contributed by atoms with E-state index in [1.165, 1.54) is 51.4 Å². The van der Waals surface area contributed by atoms with E-state index in [0.717, 1.165) is 48.3 Å². The molecule has 0 aliphatic heterocycles. The summed E-state index contributed by atoms with van der Waals surface area (Å²) in [6.07, 6.45) is 17.8. The van der Waals surface area contributed by atoms with Gasteiger partial charge in [-0.05, 0) is 124 Å². The Balaban J connectivity index is 1.47. The molecule has 3 fully saturated rings. The summed E-state index contributed by atoms with van der Waals surface area (Å²) in [7, 11) is 0. The molecule has 4 aliphatic carbocycles. The normalized spacial score (nSPS) is 45.8. The second-order valence-electron chi connectivity index (χ2n) is 12.4. The van der Waals surface area contributed by atoms with Crippen molar-refractivity contribution in [1.82, 2.24) is 0 Å². The Morgan fingerprint density at radius 3 is 2.60 bits per heavy atom. The molecule has 1 N–H and O–H groups in total. The summed E-state index contributed by atoms with van der Waals surface area (Å²) < 4.78 is 0. The quantitative estimate of drug-likeness (QED) is 0.454. The van der Waals surface area contributed by atoms with Crippen molar-refractivity contribution in [2.75, 3.05) is 0 Å². The molecule has 0 aromatic carbocycles. The van der Waals surface area contributed by atoms with E-state index in [4.69, 9.17) is 0 Å². The lowest BCUT2D eigenvalue weighted by Crippen LogP contribution is -2.50. The molecule has 30 heavy (non-hydrogen) atoms. The summed E-state index contributed by atoms with van der Waals surface area (Å²) in [6.45, 7) is 14.7. The minimum Gasteiger partial charge on any atom is -0.393 e. The fourth-order valence-electron chi connectivity index (χ4n) is 8.84. The highest BCUT2D eigenvalue weighted by Crippen LogP contribution is 2.67. The van der Waals surface area contributed by atoms with E-state index in [0.29, 0.717) is 10.8 Å². The molecule has 0 saturated heterocycles. The molecule has 170 valence electrons. The second kappa shape index (κ2) is 8.42. The van der Waals surface area contributed by atoms with Crippen LogP contribution >= 0.6 is 0 Å². The van der Waals surface area contributed by atoms with Gasteiger partial charge in [-0.15, -0.1) is 0 Å². The van der Waals surface area contributed by atoms with Gasteiger partial charge in [-0.25, -0.2) is 0 Å². The number of allylic oxidation sites excluding steroid dienone is 3. The molecule has 1 nitrogen and oxygen atoms in total. The third kappa shape index (κ3) is 3.66. The minimum atomic E-state index is -0.0833. The molecule has 4 aliphatic rings. The van der Waals surface area contributed by atoms with Gasteiger partial charge in [-0.2, -0.15) is 0 Å². The monoisotopic (exact) mass is 412 g/mol. The molecule has 0 bridgehead atoms. The number of aliphatic hydroxyl groups excluding tert-OH is 1. The van der Waals surface area contributed by atoms with Gasteiger partial charge in [0.2, 0.25) is 0 Å². The van der Waals surface area contributed by atoms with Gasteiger partial charge in [0.05, 0.1) is 6.10 Å². The van der Waals surface area contributed by atoms with Crippen molar-refractivity contribution in [3.8, 4) is 0 Å². The Kier molecular flexibility index (Phi) is 6.35. The van der Waals surface area contributed by atoms with E-state index in [2.05, 4.69) is 53.7 Å². The first-order valence-corrected chi connectivity index (χ1v) is 13.2. The number of hydrogen-bond acceptors (Lipinski definition) is 1. The highest BCUT2D eigenvalue weighted by Gasteiger charge is 2.59. The molecule has 9 atom stereocenters. The average molecular weight is 413 g/mol. The van der Waals surface area contributed by atoms with Crippen LogP contribution in [0, 0.1) is 46.3 Å². The van der Waals surface area contributed by atoms with E-state index >= 15 is 0 Å². The second-order valence-corrected chi connectivity index (χ2v) is 12.4. The predicted molar refractivity (Wildman–Crippen MR) is 128 cm³/mol. The standard InChI is InChI=1S/C29H48O/c1-7-19(2)20(3)8-9-21(4)25-12-13-26-24-11-10-22-18-23(30)14-16-28(22,5)27(24)15-17-29(25,26)6/h7,10,20-21,23-27,30H,8-9,11-18H2,1-6H3/b19-7-/t20-,21+,23-,24?,25?,26?,27?,28-,29+/m0/s1. The molecule has 0 heterocycles. The van der Waals surface area contributed by atoms with Gasteiger partial charge in [0.15, 0.2) is 0 Å². The van der Waals surface area contributed by atoms with E-state index in [1.807, 2.05) is 0 Å². The van der Waals surface area contributed by atoms with Crippen LogP contribution in [-0.4, -0.2) is 11.2 Å². The molecule has 0 spiro atoms. The van der Waals surface area contributed by atoms with Crippen LogP contribution in [0.2, 0.25) is 0 Å². The molecule has 0 radical (unpaired) electrons. The molecule has 4 rings (SSSR count). The Bertz CT molecular complexity index is 688. The average Bonchev–Trinajstić information content (AvgIpc) is 3.09. The van der Waals surface area contributed by atoms with Crippen molar-refractivity contribution >= 4 is 0 Å². The lowest BCUT2D eigenvalue weighted by Gasteiger charge is -2.58. The Hall–Kier alpha value is -0.560. The van der Waals surface area contributed by atoms with E-state index in [-0.39, 0.29) is 6.10 Å². The van der Waals surface area contributed by atoms with Gasteiger partial charge < -0.3 is 5.11 Å². The van der Waals surface area contributed by atoms with Crippen LogP contribution in [0.4, 0.5) is 0 Å². The zero-order valence-corrected chi connectivity index (χ0v) is 20.7. The molecule has 3 saturated carbocycles. The van der Waals surface area contributed by atoms with Crippen molar-refractivity contribution in [3.63, 3.8) is 0 Å². The molecule has 0 amide bonds. The summed E-state index contributed by atoms with van der Waals surface area (Å²) >= 11 is 0. The van der Waals surface area contributed by atoms with Gasteiger partial charge in [0.25, 0.3) is 0 Å². The van der Waals surface area contributed by atoms with Crippen molar-refractivity contribution in [3.05, 3.63) is 23.3 Å². The van der Waals surface area contributed by atoms with Gasteiger partial charge in [0, 0.05) is 0 Å². The largest absolute Gasteiger partial charge is 0.393 e. The van der Waals surface area contributed by atoms with Crippen molar-refractivity contribution < 1.29 is 5.11 Å². The molecular formula is C29H48O. The maximum Gasteiger partial charge on any atom is 0.0577 e. The number of aliphatic hydroxyl groups is 1. The Labute approximate surface area is 186 Å². The summed E-state index contributed by atoms with van der Waals surface area (Å²) in [6, 6.07) is 0. The maximum absolute atomic E-state index is 10.2. The molecule has 1 heteroatoms. The van der Waals surface area contributed by atoms with Gasteiger partial charge in [0.1, 0.15) is 0 Å². The van der Waals surface area contributed by atoms with Crippen LogP contribution in [0.1, 0.15) is 106 Å². The summed E-state index contributed by atoms with van der Waals surface area (Å²) in [5.41, 5.74) is 4.12. The Morgan fingerprint density at radius 1 is 1.10 bits per heavy atom. The molecule has 0 aromatic rings. The van der Waals surface area contributed by atoms with E-state index < -0.39 is 0 Å². The van der Waals surface area contributed by atoms with E-state index in [9.17, 15) is 5.11 Å². The van der Waals surface area contributed by atoms with Crippen LogP contribution in [0.3, 0.4) is 0 Å². The smallest absolute Gasteiger partial charge is 0.0577 e. The first-order valence-electron chi connectivity index (χ1n) is 13.2. The summed E-state index contributed by atoms with van der Waals surface area (Å²) in [5, 5.41) is 10.2. The van der Waals surface area contributed by atoms with Crippen LogP contribution in [0.5, 0.6) is 0 Å². The SMILES string of the molecule is C/C=C(/C)[C@@H](C)CC[C@@H](C)C1CCC2C3CC=C4C[C@@H](O)CC[C@]4(C)C3CC[C@@]21C. The molecule has 4 unspecified atom stereocenters. The lowest BCUT2D eigenvalue weighted by molar-refractivity contribution is -0.0573. The number of fused-ring (bicyclic) bond motifs is 5. The number of rotatable bonds is 5. The van der Waals surface area contributed by atoms with Crippen molar-refractivity contribution in [2.24, 2.45) is 46.3 Å². The summed E-state index contributed by atoms with van der Waals surface area (Å²) in [4.78, 5) is 0. The Morgan fingerprint density at radius 2 is 1.87 bits per heavy atom. The van der Waals surface area contributed by atoms with Crippen LogP contribution in [0.15, 0.2) is 23.3 Å². The third-order valence-electron chi connectivity index (χ3n) is 11.1. The zero-order chi connectivity index (χ0) is 21.7. The number of hydrogen-bond donors (Lipinski definition) is 1. The highest BCUT2D eigenvalue weighted by molar-refractivity contribution is 5.25. The van der Waals surface area contributed by atoms with E-state index in [1.54, 1.807) is 11.1 Å². The molecule has 0 aromatic heterocycles. The van der Waals surface area contributed by atoms with Crippen molar-refractivity contribution in [1.29, 1.82) is 0 Å². The zero-order valence-electron chi connectivity index (χ0n) is 20.7. The predicted octanol–water partition coefficient (Wildman–Crippen LogP) is 7.94. The van der Waals surface area contributed by atoms with Crippen LogP contribution < -0.4 is 0 Å². The molecular weight excluding hydrogens is 364 g/mol. The fourth-order valence-corrected chi connectivity index (χ4v) is 8.84. The maximum atomic E-state index is 10.2. The fraction of sp³-hybridized carbons (Fsp3) is 0.862. The van der Waals surface area contributed by atoms with Gasteiger partial charge in [-0.1, -0.05) is 51.0 Å². The first kappa shape index (κ1) is 22.6. The minimum absolute atomic E-state index is 0.0833. The lowest BCUT2D eigenvalue weighted by atomic mass is 9.47. The van der Waals surface area contributed by atoms with Crippen molar-refractivity contribution in [2.45, 2.75) is 112 Å². The highest BCUT2D eigenvalue weighted by atomic mass is 16.3. The van der Waals surface area contributed by atoms with Crippen LogP contribution in [0.25, 0.3) is 0 Å². The first-order chi connectivity index (χ1) is 14.2. The van der Waals surface area contributed by atoms with Gasteiger partial charge >= 0.3 is 0 Å².